The molecule has 29 heavy (non-hydrogen) atoms. The minimum absolute atomic E-state index is 0.0566. The highest BCUT2D eigenvalue weighted by molar-refractivity contribution is 6.42. The van der Waals surface area contributed by atoms with Gasteiger partial charge in [0.15, 0.2) is 0 Å². The molecule has 2 aromatic rings. The quantitative estimate of drug-likeness (QED) is 0.476. The zero-order chi connectivity index (χ0) is 21.6. The van der Waals surface area contributed by atoms with E-state index in [0.717, 1.165) is 0 Å². The number of amides is 2. The number of rotatable bonds is 8. The monoisotopic (exact) mass is 438 g/mol. The van der Waals surface area contributed by atoms with Crippen LogP contribution in [-0.2, 0) is 9.59 Å². The molecular formula is C19H20Cl2N4O4. The minimum atomic E-state index is -0.495. The van der Waals surface area contributed by atoms with Crippen molar-refractivity contribution >= 4 is 52.1 Å². The molecule has 2 N–H and O–H groups in total. The summed E-state index contributed by atoms with van der Waals surface area (Å²) in [7, 11) is 1.71. The van der Waals surface area contributed by atoms with E-state index in [0.29, 0.717) is 33.5 Å². The lowest BCUT2D eigenvalue weighted by Gasteiger charge is -2.16. The molecule has 0 fully saturated rings. The SMILES string of the molecule is Cc1c(NC(=O)CCN(C)CC(=O)Nc2ccc(Cl)c(Cl)c2)cccc1[N+](=O)[O-]. The normalized spacial score (nSPS) is 10.7. The number of nitrogens with one attached hydrogen (secondary N) is 2. The predicted molar refractivity (Wildman–Crippen MR) is 114 cm³/mol. The molecule has 0 saturated heterocycles. The Kier molecular flexibility index (Phi) is 7.95. The van der Waals surface area contributed by atoms with Crippen LogP contribution in [0.4, 0.5) is 17.1 Å². The van der Waals surface area contributed by atoms with Crippen molar-refractivity contribution in [1.29, 1.82) is 0 Å². The molecule has 2 aromatic carbocycles. The highest BCUT2D eigenvalue weighted by Crippen LogP contribution is 2.26. The van der Waals surface area contributed by atoms with Crippen LogP contribution in [0.3, 0.4) is 0 Å². The first-order valence-corrected chi connectivity index (χ1v) is 9.40. The van der Waals surface area contributed by atoms with Crippen LogP contribution in [0.1, 0.15) is 12.0 Å². The molecule has 0 spiro atoms. The first-order chi connectivity index (χ1) is 13.7. The van der Waals surface area contributed by atoms with Crippen LogP contribution < -0.4 is 10.6 Å². The van der Waals surface area contributed by atoms with Gasteiger partial charge in [0.1, 0.15) is 0 Å². The van der Waals surface area contributed by atoms with Crippen LogP contribution in [0.2, 0.25) is 10.0 Å². The van der Waals surface area contributed by atoms with Gasteiger partial charge in [-0.25, -0.2) is 0 Å². The molecule has 0 saturated carbocycles. The predicted octanol–water partition coefficient (Wildman–Crippen LogP) is 4.11. The largest absolute Gasteiger partial charge is 0.326 e. The Morgan fingerprint density at radius 3 is 2.48 bits per heavy atom. The number of nitrogens with zero attached hydrogens (tertiary/aromatic N) is 2. The van der Waals surface area contributed by atoms with E-state index in [9.17, 15) is 19.7 Å². The molecule has 2 rings (SSSR count). The van der Waals surface area contributed by atoms with Gasteiger partial charge in [0.05, 0.1) is 32.8 Å². The Morgan fingerprint density at radius 1 is 1.10 bits per heavy atom. The standard InChI is InChI=1S/C19H20Cl2N4O4/c1-12-16(4-3-5-17(12)25(28)29)23-18(26)8-9-24(2)11-19(27)22-13-6-7-14(20)15(21)10-13/h3-7,10H,8-9,11H2,1-2H3,(H,22,27)(H,23,26). The number of carbonyl (C=O) groups is 2. The van der Waals surface area contributed by atoms with Crippen LogP contribution in [0.5, 0.6) is 0 Å². The molecule has 8 nitrogen and oxygen atoms in total. The molecule has 0 aliphatic heterocycles. The van der Waals surface area contributed by atoms with E-state index in [-0.39, 0.29) is 30.5 Å². The number of hydrogen-bond acceptors (Lipinski definition) is 5. The number of nitro benzene ring substituents is 1. The molecule has 0 aliphatic carbocycles. The van der Waals surface area contributed by atoms with E-state index in [1.807, 2.05) is 0 Å². The van der Waals surface area contributed by atoms with Crippen molar-refractivity contribution in [1.82, 2.24) is 4.90 Å². The third kappa shape index (κ3) is 6.70. The summed E-state index contributed by atoms with van der Waals surface area (Å²) in [6.07, 6.45) is 0.124. The third-order valence-electron chi connectivity index (χ3n) is 4.11. The number of likely N-dealkylation sites (N-methyl/N-ethyl adjacent to an activating group) is 1. The zero-order valence-electron chi connectivity index (χ0n) is 15.9. The smallest absolute Gasteiger partial charge is 0.274 e. The van der Waals surface area contributed by atoms with Gasteiger partial charge in [-0.15, -0.1) is 0 Å². The van der Waals surface area contributed by atoms with E-state index < -0.39 is 4.92 Å². The topological polar surface area (TPSA) is 105 Å². The second kappa shape index (κ2) is 10.2. The Hall–Kier alpha value is -2.68. The summed E-state index contributed by atoms with van der Waals surface area (Å²) < 4.78 is 0. The van der Waals surface area contributed by atoms with Gasteiger partial charge in [0.25, 0.3) is 5.69 Å². The molecule has 0 heterocycles. The summed E-state index contributed by atoms with van der Waals surface area (Å²) in [5.74, 6) is -0.564. The fraction of sp³-hybridized carbons (Fsp3) is 0.263. The summed E-state index contributed by atoms with van der Waals surface area (Å²) in [4.78, 5) is 36.4. The Labute approximate surface area is 177 Å². The number of carbonyl (C=O) groups excluding carboxylic acids is 2. The van der Waals surface area contributed by atoms with Crippen molar-refractivity contribution in [2.24, 2.45) is 0 Å². The molecule has 154 valence electrons. The Morgan fingerprint density at radius 2 is 1.83 bits per heavy atom. The molecule has 0 aliphatic rings. The van der Waals surface area contributed by atoms with E-state index in [1.165, 1.54) is 12.1 Å². The van der Waals surface area contributed by atoms with Crippen molar-refractivity contribution < 1.29 is 14.5 Å². The first-order valence-electron chi connectivity index (χ1n) is 8.64. The Bertz CT molecular complexity index is 936. The molecule has 0 aromatic heterocycles. The summed E-state index contributed by atoms with van der Waals surface area (Å²) in [6, 6.07) is 9.28. The molecule has 0 atom stereocenters. The number of hydrogen-bond donors (Lipinski definition) is 2. The van der Waals surface area contributed by atoms with Crippen molar-refractivity contribution in [3.05, 3.63) is 62.1 Å². The summed E-state index contributed by atoms with van der Waals surface area (Å²) in [5, 5.41) is 17.1. The second-order valence-electron chi connectivity index (χ2n) is 6.42. The molecule has 0 unspecified atom stereocenters. The van der Waals surface area contributed by atoms with Crippen molar-refractivity contribution in [2.45, 2.75) is 13.3 Å². The van der Waals surface area contributed by atoms with Gasteiger partial charge in [0.2, 0.25) is 11.8 Å². The zero-order valence-corrected chi connectivity index (χ0v) is 17.4. The van der Waals surface area contributed by atoms with Crippen LogP contribution in [0.15, 0.2) is 36.4 Å². The van der Waals surface area contributed by atoms with Crippen LogP contribution >= 0.6 is 23.2 Å². The van der Waals surface area contributed by atoms with Gasteiger partial charge in [-0.1, -0.05) is 29.3 Å². The van der Waals surface area contributed by atoms with Gasteiger partial charge in [-0.2, -0.15) is 0 Å². The lowest BCUT2D eigenvalue weighted by molar-refractivity contribution is -0.385. The summed E-state index contributed by atoms with van der Waals surface area (Å²) >= 11 is 11.8. The van der Waals surface area contributed by atoms with E-state index in [1.54, 1.807) is 43.1 Å². The fourth-order valence-corrected chi connectivity index (χ4v) is 2.86. The van der Waals surface area contributed by atoms with Gasteiger partial charge < -0.3 is 10.6 Å². The Balaban J connectivity index is 1.82. The van der Waals surface area contributed by atoms with Crippen LogP contribution in [-0.4, -0.2) is 41.8 Å². The van der Waals surface area contributed by atoms with Gasteiger partial charge in [0, 0.05) is 24.7 Å². The number of halogens is 2. The van der Waals surface area contributed by atoms with Crippen LogP contribution in [0.25, 0.3) is 0 Å². The molecular weight excluding hydrogens is 419 g/mol. The van der Waals surface area contributed by atoms with E-state index in [4.69, 9.17) is 23.2 Å². The molecule has 2 amide bonds. The number of nitro groups is 1. The van der Waals surface area contributed by atoms with Crippen molar-refractivity contribution in [2.75, 3.05) is 30.8 Å². The number of anilines is 2. The summed E-state index contributed by atoms with van der Waals surface area (Å²) in [6.45, 7) is 1.98. The van der Waals surface area contributed by atoms with Crippen molar-refractivity contribution in [3.8, 4) is 0 Å². The lowest BCUT2D eigenvalue weighted by Crippen LogP contribution is -2.32. The summed E-state index contributed by atoms with van der Waals surface area (Å²) in [5.41, 5.74) is 1.25. The lowest BCUT2D eigenvalue weighted by atomic mass is 10.1. The first kappa shape index (κ1) is 22.6. The molecule has 10 heteroatoms. The molecule has 0 bridgehead atoms. The maximum Gasteiger partial charge on any atom is 0.274 e. The average Bonchev–Trinajstić information content (AvgIpc) is 2.64. The maximum absolute atomic E-state index is 12.2. The van der Waals surface area contributed by atoms with Gasteiger partial charge >= 0.3 is 0 Å². The van der Waals surface area contributed by atoms with Gasteiger partial charge in [-0.3, -0.25) is 24.6 Å². The molecule has 0 radical (unpaired) electrons. The van der Waals surface area contributed by atoms with Crippen molar-refractivity contribution in [3.63, 3.8) is 0 Å². The van der Waals surface area contributed by atoms with E-state index >= 15 is 0 Å². The van der Waals surface area contributed by atoms with E-state index in [2.05, 4.69) is 10.6 Å². The minimum Gasteiger partial charge on any atom is -0.326 e. The second-order valence-corrected chi connectivity index (χ2v) is 7.23. The maximum atomic E-state index is 12.2. The van der Waals surface area contributed by atoms with Gasteiger partial charge in [-0.05, 0) is 38.2 Å². The van der Waals surface area contributed by atoms with Crippen LogP contribution in [0, 0.1) is 17.0 Å². The number of benzene rings is 2. The highest BCUT2D eigenvalue weighted by atomic mass is 35.5. The highest BCUT2D eigenvalue weighted by Gasteiger charge is 2.15. The fourth-order valence-electron chi connectivity index (χ4n) is 2.56. The third-order valence-corrected chi connectivity index (χ3v) is 4.85. The average molecular weight is 439 g/mol.